The van der Waals surface area contributed by atoms with Crippen molar-refractivity contribution in [3.63, 3.8) is 0 Å². The number of thiophene rings is 1. The first-order valence-corrected chi connectivity index (χ1v) is 6.02. The molecule has 1 aromatic heterocycles. The Morgan fingerprint density at radius 3 is 3.29 bits per heavy atom. The average molecular weight is 228 g/mol. The molecule has 1 aliphatic rings. The maximum Gasteiger partial charge on any atom is 0.0934 e. The summed E-state index contributed by atoms with van der Waals surface area (Å²) in [5.74, 6) is 0. The third-order valence-electron chi connectivity index (χ3n) is 2.50. The summed E-state index contributed by atoms with van der Waals surface area (Å²) in [5, 5.41) is 3.50. The first-order valence-electron chi connectivity index (χ1n) is 4.82. The number of nitrogens with one attached hydrogen (secondary N) is 1. The molecule has 76 valence electrons. The van der Waals surface area contributed by atoms with E-state index in [1.165, 1.54) is 28.9 Å². The van der Waals surface area contributed by atoms with Crippen LogP contribution in [-0.2, 0) is 6.42 Å². The molecular formula is C11H14ClNS. The van der Waals surface area contributed by atoms with Gasteiger partial charge in [-0.25, -0.2) is 0 Å². The maximum atomic E-state index is 5.98. The van der Waals surface area contributed by atoms with Crippen LogP contribution >= 0.6 is 22.9 Å². The van der Waals surface area contributed by atoms with Gasteiger partial charge >= 0.3 is 0 Å². The van der Waals surface area contributed by atoms with E-state index in [9.17, 15) is 0 Å². The van der Waals surface area contributed by atoms with Crippen LogP contribution in [0, 0.1) is 0 Å². The molecule has 2 rings (SSSR count). The summed E-state index contributed by atoms with van der Waals surface area (Å²) < 4.78 is 0.914. The zero-order valence-electron chi connectivity index (χ0n) is 8.27. The van der Waals surface area contributed by atoms with Gasteiger partial charge in [0.05, 0.1) is 4.34 Å². The Morgan fingerprint density at radius 2 is 2.57 bits per heavy atom. The molecule has 1 aromatic rings. The topological polar surface area (TPSA) is 12.0 Å². The Morgan fingerprint density at radius 1 is 1.79 bits per heavy atom. The number of fused-ring (bicyclic) bond motifs is 1. The molecule has 0 bridgehead atoms. The molecule has 0 saturated heterocycles. The van der Waals surface area contributed by atoms with Gasteiger partial charge in [0.2, 0.25) is 0 Å². The second-order valence-electron chi connectivity index (χ2n) is 3.86. The number of hydrogen-bond acceptors (Lipinski definition) is 2. The van der Waals surface area contributed by atoms with Crippen LogP contribution < -0.4 is 5.32 Å². The first-order chi connectivity index (χ1) is 6.66. The molecule has 0 aromatic carbocycles. The van der Waals surface area contributed by atoms with Gasteiger partial charge in [0, 0.05) is 17.5 Å². The van der Waals surface area contributed by atoms with Crippen LogP contribution in [0.25, 0.3) is 0 Å². The molecule has 1 atom stereocenters. The van der Waals surface area contributed by atoms with Crippen LogP contribution in [0.1, 0.15) is 29.8 Å². The van der Waals surface area contributed by atoms with Gasteiger partial charge in [0.1, 0.15) is 0 Å². The first kappa shape index (κ1) is 10.2. The van der Waals surface area contributed by atoms with E-state index >= 15 is 0 Å². The zero-order chi connectivity index (χ0) is 10.1. The minimum absolute atomic E-state index is 0.491. The average Bonchev–Trinajstić information content (AvgIpc) is 2.60. The van der Waals surface area contributed by atoms with E-state index in [1.54, 1.807) is 11.3 Å². The van der Waals surface area contributed by atoms with Crippen molar-refractivity contribution in [3.8, 4) is 0 Å². The lowest BCUT2D eigenvalue weighted by Crippen LogP contribution is -2.20. The van der Waals surface area contributed by atoms with Gasteiger partial charge in [0.15, 0.2) is 0 Å². The summed E-state index contributed by atoms with van der Waals surface area (Å²) in [6, 6.07) is 2.59. The van der Waals surface area contributed by atoms with Crippen molar-refractivity contribution in [2.75, 3.05) is 6.54 Å². The Labute approximate surface area is 93.8 Å². The van der Waals surface area contributed by atoms with Gasteiger partial charge in [-0.15, -0.1) is 11.3 Å². The highest BCUT2D eigenvalue weighted by molar-refractivity contribution is 7.16. The van der Waals surface area contributed by atoms with Crippen LogP contribution in [-0.4, -0.2) is 6.54 Å². The molecule has 0 spiro atoms. The van der Waals surface area contributed by atoms with Crippen molar-refractivity contribution in [2.45, 2.75) is 25.8 Å². The summed E-state index contributed by atoms with van der Waals surface area (Å²) in [5.41, 5.74) is 2.58. The monoisotopic (exact) mass is 227 g/mol. The number of rotatable bonds is 3. The van der Waals surface area contributed by atoms with Crippen molar-refractivity contribution >= 4 is 22.9 Å². The Bertz CT molecular complexity index is 356. The Balaban J connectivity index is 2.06. The van der Waals surface area contributed by atoms with Gasteiger partial charge in [-0.2, -0.15) is 0 Å². The quantitative estimate of drug-likeness (QED) is 0.779. The Kier molecular flexibility index (Phi) is 2.96. The molecule has 1 aliphatic carbocycles. The van der Waals surface area contributed by atoms with E-state index < -0.39 is 0 Å². The molecule has 0 radical (unpaired) electrons. The normalized spacial score (nSPS) is 19.7. The summed E-state index contributed by atoms with van der Waals surface area (Å²) >= 11 is 7.70. The zero-order valence-corrected chi connectivity index (χ0v) is 9.84. The lowest BCUT2D eigenvalue weighted by molar-refractivity contribution is 0.556. The van der Waals surface area contributed by atoms with Crippen molar-refractivity contribution < 1.29 is 0 Å². The van der Waals surface area contributed by atoms with E-state index in [0.717, 1.165) is 10.9 Å². The van der Waals surface area contributed by atoms with Gasteiger partial charge in [-0.05, 0) is 31.4 Å². The highest BCUT2D eigenvalue weighted by Crippen LogP contribution is 2.39. The molecule has 0 saturated carbocycles. The van der Waals surface area contributed by atoms with E-state index in [-0.39, 0.29) is 0 Å². The minimum Gasteiger partial charge on any atom is -0.306 e. The smallest absolute Gasteiger partial charge is 0.0934 e. The van der Waals surface area contributed by atoms with Gasteiger partial charge < -0.3 is 5.32 Å². The van der Waals surface area contributed by atoms with Gasteiger partial charge in [0.25, 0.3) is 0 Å². The minimum atomic E-state index is 0.491. The molecule has 1 N–H and O–H groups in total. The van der Waals surface area contributed by atoms with Crippen LogP contribution in [0.4, 0.5) is 0 Å². The highest BCUT2D eigenvalue weighted by atomic mass is 35.5. The van der Waals surface area contributed by atoms with E-state index in [2.05, 4.69) is 18.0 Å². The summed E-state index contributed by atoms with van der Waals surface area (Å²) in [6.45, 7) is 6.84. The molecule has 0 fully saturated rings. The summed E-state index contributed by atoms with van der Waals surface area (Å²) in [6.07, 6.45) is 2.37. The third-order valence-corrected chi connectivity index (χ3v) is 3.84. The second kappa shape index (κ2) is 4.05. The number of halogens is 1. The number of aryl methyl sites for hydroxylation is 1. The lowest BCUT2D eigenvalue weighted by Gasteiger charge is -2.12. The van der Waals surface area contributed by atoms with Crippen molar-refractivity contribution in [2.24, 2.45) is 0 Å². The summed E-state index contributed by atoms with van der Waals surface area (Å²) in [4.78, 5) is 1.45. The predicted octanol–water partition coefficient (Wildman–Crippen LogP) is 3.55. The maximum absolute atomic E-state index is 5.98. The fraction of sp³-hybridized carbons (Fsp3) is 0.455. The standard InChI is InChI=1S/C11H14ClNS/c1-7(2)6-13-9-3-4-10-8(9)5-11(12)14-10/h5,9,13H,1,3-4,6H2,2H3. The molecule has 14 heavy (non-hydrogen) atoms. The van der Waals surface area contributed by atoms with E-state index in [1.807, 2.05) is 6.92 Å². The molecule has 1 unspecified atom stereocenters. The summed E-state index contributed by atoms with van der Waals surface area (Å²) in [7, 11) is 0. The fourth-order valence-corrected chi connectivity index (χ4v) is 3.20. The van der Waals surface area contributed by atoms with Crippen molar-refractivity contribution in [1.29, 1.82) is 0 Å². The molecule has 0 aliphatic heterocycles. The SMILES string of the molecule is C=C(C)CNC1CCc2sc(Cl)cc21. The van der Waals surface area contributed by atoms with Gasteiger partial charge in [-0.1, -0.05) is 23.8 Å². The molecule has 3 heteroatoms. The predicted molar refractivity (Wildman–Crippen MR) is 63.2 cm³/mol. The fourth-order valence-electron chi connectivity index (χ4n) is 1.84. The molecule has 1 nitrogen and oxygen atoms in total. The van der Waals surface area contributed by atoms with Crippen LogP contribution in [0.2, 0.25) is 4.34 Å². The van der Waals surface area contributed by atoms with Crippen LogP contribution in [0.15, 0.2) is 18.2 Å². The van der Waals surface area contributed by atoms with E-state index in [4.69, 9.17) is 11.6 Å². The second-order valence-corrected chi connectivity index (χ2v) is 5.63. The van der Waals surface area contributed by atoms with E-state index in [0.29, 0.717) is 6.04 Å². The lowest BCUT2D eigenvalue weighted by atomic mass is 10.1. The van der Waals surface area contributed by atoms with Crippen molar-refractivity contribution in [3.05, 3.63) is 33.0 Å². The van der Waals surface area contributed by atoms with Gasteiger partial charge in [-0.3, -0.25) is 0 Å². The molecular weight excluding hydrogens is 214 g/mol. The number of hydrogen-bond donors (Lipinski definition) is 1. The highest BCUT2D eigenvalue weighted by Gasteiger charge is 2.24. The third kappa shape index (κ3) is 2.02. The molecule has 0 amide bonds. The molecule has 1 heterocycles. The van der Waals surface area contributed by atoms with Crippen LogP contribution in [0.5, 0.6) is 0 Å². The van der Waals surface area contributed by atoms with Crippen LogP contribution in [0.3, 0.4) is 0 Å². The van der Waals surface area contributed by atoms with Crippen molar-refractivity contribution in [1.82, 2.24) is 5.32 Å². The largest absolute Gasteiger partial charge is 0.306 e. The Hall–Kier alpha value is -0.310.